The quantitative estimate of drug-likeness (QED) is 0.712. The molecule has 9 heteroatoms. The summed E-state index contributed by atoms with van der Waals surface area (Å²) in [5.74, 6) is -1.13. The molecule has 2 aromatic heterocycles. The molecule has 0 radical (unpaired) electrons. The number of carbonyl (C=O) groups excluding carboxylic acids is 2. The number of rotatable bonds is 3. The number of nitrogens with one attached hydrogen (secondary N) is 1. The topological polar surface area (TPSA) is 93.1 Å². The first kappa shape index (κ1) is 17.0. The van der Waals surface area contributed by atoms with Crippen LogP contribution in [0.4, 0.5) is 4.39 Å². The Morgan fingerprint density at radius 3 is 2.89 bits per heavy atom. The van der Waals surface area contributed by atoms with Gasteiger partial charge in [-0.15, -0.1) is 0 Å². The highest BCUT2D eigenvalue weighted by Gasteiger charge is 2.27. The molecule has 0 atom stereocenters. The van der Waals surface area contributed by atoms with Gasteiger partial charge in [0.2, 0.25) is 0 Å². The molecule has 0 bridgehead atoms. The van der Waals surface area contributed by atoms with Crippen LogP contribution >= 0.6 is 0 Å². The van der Waals surface area contributed by atoms with Crippen molar-refractivity contribution in [3.63, 3.8) is 0 Å². The van der Waals surface area contributed by atoms with Gasteiger partial charge in [0, 0.05) is 12.1 Å². The average molecular weight is 369 g/mol. The van der Waals surface area contributed by atoms with E-state index < -0.39 is 11.8 Å². The van der Waals surface area contributed by atoms with Crippen molar-refractivity contribution in [2.24, 2.45) is 0 Å². The molecule has 0 spiro atoms. The number of benzene rings is 1. The summed E-state index contributed by atoms with van der Waals surface area (Å²) in [4.78, 5) is 26.3. The van der Waals surface area contributed by atoms with E-state index in [4.69, 9.17) is 0 Å². The molecule has 1 aromatic carbocycles. The summed E-state index contributed by atoms with van der Waals surface area (Å²) in [6.45, 7) is 1.20. The van der Waals surface area contributed by atoms with Crippen LogP contribution in [0.25, 0.3) is 11.3 Å². The molecule has 1 N–H and O–H groups in total. The molecule has 8 nitrogen and oxygen atoms in total. The minimum Gasteiger partial charge on any atom is -0.464 e. The fourth-order valence-electron chi connectivity index (χ4n) is 3.13. The van der Waals surface area contributed by atoms with Gasteiger partial charge in [-0.25, -0.2) is 9.18 Å². The van der Waals surface area contributed by atoms with Gasteiger partial charge in [-0.2, -0.15) is 10.2 Å². The smallest absolute Gasteiger partial charge is 0.358 e. The van der Waals surface area contributed by atoms with Crippen LogP contribution in [0.5, 0.6) is 0 Å². The third kappa shape index (κ3) is 3.07. The number of nitrogens with zero attached hydrogens (tertiary/aromatic N) is 4. The maximum atomic E-state index is 13.5. The Labute approximate surface area is 153 Å². The van der Waals surface area contributed by atoms with Crippen molar-refractivity contribution in [3.8, 4) is 11.3 Å². The molecule has 1 aliphatic rings. The van der Waals surface area contributed by atoms with Gasteiger partial charge in [-0.3, -0.25) is 14.6 Å². The second-order valence-electron chi connectivity index (χ2n) is 6.13. The van der Waals surface area contributed by atoms with E-state index in [1.807, 2.05) is 0 Å². The number of aromatic nitrogens is 4. The number of hydrogen-bond donors (Lipinski definition) is 1. The predicted molar refractivity (Wildman–Crippen MR) is 92.3 cm³/mol. The first-order valence-corrected chi connectivity index (χ1v) is 8.30. The molecule has 1 aliphatic heterocycles. The third-order valence-corrected chi connectivity index (χ3v) is 4.46. The molecule has 0 saturated heterocycles. The van der Waals surface area contributed by atoms with Gasteiger partial charge in [0.1, 0.15) is 5.82 Å². The summed E-state index contributed by atoms with van der Waals surface area (Å²) in [6.07, 6.45) is 1.44. The zero-order valence-electron chi connectivity index (χ0n) is 14.5. The molecule has 0 fully saturated rings. The van der Waals surface area contributed by atoms with Gasteiger partial charge < -0.3 is 9.64 Å². The minimum atomic E-state index is -0.516. The van der Waals surface area contributed by atoms with Gasteiger partial charge in [0.25, 0.3) is 5.91 Å². The predicted octanol–water partition coefficient (Wildman–Crippen LogP) is 1.85. The maximum Gasteiger partial charge on any atom is 0.358 e. The van der Waals surface area contributed by atoms with Crippen molar-refractivity contribution in [3.05, 3.63) is 59.3 Å². The fourth-order valence-corrected chi connectivity index (χ4v) is 3.13. The van der Waals surface area contributed by atoms with E-state index in [9.17, 15) is 14.0 Å². The number of H-pyrrole nitrogens is 1. The van der Waals surface area contributed by atoms with Crippen LogP contribution in [-0.2, 0) is 17.8 Å². The van der Waals surface area contributed by atoms with Gasteiger partial charge in [-0.1, -0.05) is 12.1 Å². The van der Waals surface area contributed by atoms with Gasteiger partial charge >= 0.3 is 5.97 Å². The molecule has 138 valence electrons. The van der Waals surface area contributed by atoms with Gasteiger partial charge in [0.15, 0.2) is 5.69 Å². The minimum absolute atomic E-state index is 0.213. The third-order valence-electron chi connectivity index (χ3n) is 4.46. The van der Waals surface area contributed by atoms with E-state index in [0.717, 1.165) is 5.69 Å². The first-order valence-electron chi connectivity index (χ1n) is 8.30. The summed E-state index contributed by atoms with van der Waals surface area (Å²) in [6, 6.07) is 7.59. The molecule has 3 heterocycles. The van der Waals surface area contributed by atoms with Crippen LogP contribution in [0.3, 0.4) is 0 Å². The Bertz CT molecular complexity index is 1030. The zero-order chi connectivity index (χ0) is 19.0. The van der Waals surface area contributed by atoms with Crippen LogP contribution < -0.4 is 0 Å². The van der Waals surface area contributed by atoms with E-state index in [1.165, 1.54) is 25.4 Å². The lowest BCUT2D eigenvalue weighted by molar-refractivity contribution is 0.0591. The number of amides is 1. The second-order valence-corrected chi connectivity index (χ2v) is 6.13. The van der Waals surface area contributed by atoms with E-state index in [0.29, 0.717) is 36.5 Å². The van der Waals surface area contributed by atoms with E-state index in [-0.39, 0.29) is 11.6 Å². The second kappa shape index (κ2) is 6.67. The van der Waals surface area contributed by atoms with Crippen molar-refractivity contribution in [1.29, 1.82) is 0 Å². The lowest BCUT2D eigenvalue weighted by Crippen LogP contribution is -2.38. The summed E-state index contributed by atoms with van der Waals surface area (Å²) in [5.41, 5.74) is 2.33. The van der Waals surface area contributed by atoms with Crippen LogP contribution in [0.2, 0.25) is 0 Å². The molecule has 0 aliphatic carbocycles. The highest BCUT2D eigenvalue weighted by Crippen LogP contribution is 2.24. The number of carbonyl (C=O) groups is 2. The number of halogens is 1. The molecule has 0 unspecified atom stereocenters. The SMILES string of the molecule is COC(=O)c1cc2n(n1)CCN(C(=O)c1cn[nH]c1-c1cccc(F)c1)C2. The van der Waals surface area contributed by atoms with Crippen LogP contribution in [-0.4, -0.2) is 50.4 Å². The molecule has 4 rings (SSSR count). The fraction of sp³-hybridized carbons (Fsp3) is 0.222. The molecular formula is C18H16FN5O3. The standard InChI is InChI=1S/C18H16FN5O3/c1-27-18(26)15-8-13-10-23(5-6-24(13)22-15)17(25)14-9-20-21-16(14)11-3-2-4-12(19)7-11/h2-4,7-9H,5-6,10H2,1H3,(H,20,21). The van der Waals surface area contributed by atoms with E-state index >= 15 is 0 Å². The Morgan fingerprint density at radius 1 is 1.26 bits per heavy atom. The largest absolute Gasteiger partial charge is 0.464 e. The van der Waals surface area contributed by atoms with Crippen molar-refractivity contribution in [2.45, 2.75) is 13.1 Å². The summed E-state index contributed by atoms with van der Waals surface area (Å²) in [7, 11) is 1.29. The van der Waals surface area contributed by atoms with Crippen molar-refractivity contribution < 1.29 is 18.7 Å². The number of aromatic amines is 1. The Morgan fingerprint density at radius 2 is 2.11 bits per heavy atom. The number of ether oxygens (including phenoxy) is 1. The Kier molecular flexibility index (Phi) is 4.19. The first-order chi connectivity index (χ1) is 13.1. The zero-order valence-corrected chi connectivity index (χ0v) is 14.5. The Balaban J connectivity index is 1.59. The highest BCUT2D eigenvalue weighted by atomic mass is 19.1. The van der Waals surface area contributed by atoms with Crippen LogP contribution in [0.1, 0.15) is 26.5 Å². The van der Waals surface area contributed by atoms with Gasteiger partial charge in [-0.05, 0) is 18.2 Å². The maximum absolute atomic E-state index is 13.5. The van der Waals surface area contributed by atoms with Crippen molar-refractivity contribution >= 4 is 11.9 Å². The average Bonchev–Trinajstić information content (AvgIpc) is 3.33. The summed E-state index contributed by atoms with van der Waals surface area (Å²) in [5, 5.41) is 10.9. The molecule has 27 heavy (non-hydrogen) atoms. The highest BCUT2D eigenvalue weighted by molar-refractivity contribution is 5.99. The summed E-state index contributed by atoms with van der Waals surface area (Å²) >= 11 is 0. The van der Waals surface area contributed by atoms with E-state index in [2.05, 4.69) is 20.0 Å². The summed E-state index contributed by atoms with van der Waals surface area (Å²) < 4.78 is 19.9. The normalized spacial score (nSPS) is 13.3. The number of hydrogen-bond acceptors (Lipinski definition) is 5. The Hall–Kier alpha value is -3.49. The molecule has 3 aromatic rings. The monoisotopic (exact) mass is 369 g/mol. The van der Waals surface area contributed by atoms with Crippen molar-refractivity contribution in [2.75, 3.05) is 13.7 Å². The lowest BCUT2D eigenvalue weighted by Gasteiger charge is -2.27. The molecule has 0 saturated carbocycles. The lowest BCUT2D eigenvalue weighted by atomic mass is 10.1. The molecular weight excluding hydrogens is 353 g/mol. The number of fused-ring (bicyclic) bond motifs is 1. The number of esters is 1. The number of methoxy groups -OCH3 is 1. The van der Waals surface area contributed by atoms with Crippen LogP contribution in [0.15, 0.2) is 36.5 Å². The van der Waals surface area contributed by atoms with Gasteiger partial charge in [0.05, 0.1) is 43.3 Å². The van der Waals surface area contributed by atoms with Crippen LogP contribution in [0, 0.1) is 5.82 Å². The van der Waals surface area contributed by atoms with Crippen molar-refractivity contribution in [1.82, 2.24) is 24.9 Å². The van der Waals surface area contributed by atoms with E-state index in [1.54, 1.807) is 27.8 Å². The molecule has 1 amide bonds.